The molecule has 26 heavy (non-hydrogen) atoms. The van der Waals surface area contributed by atoms with Crippen molar-refractivity contribution in [3.63, 3.8) is 0 Å². The third-order valence-electron chi connectivity index (χ3n) is 4.19. The van der Waals surface area contributed by atoms with Gasteiger partial charge in [-0.1, -0.05) is 12.1 Å². The molecule has 2 aromatic carbocycles. The lowest BCUT2D eigenvalue weighted by atomic mass is 10.3. The Morgan fingerprint density at radius 3 is 2.50 bits per heavy atom. The number of nitrogens with zero attached hydrogens (tertiary/aromatic N) is 5. The standard InChI is InChI=1S/C18H16N6O2/c1-22-15-4-2-3-5-16(15)23(18(22)26)10-17(25)21-13-6-8-14(9-7-13)24-12-19-11-20-24/h2-9,11-12H,10H2,1H3,(H,21,25). The second kappa shape index (κ2) is 6.32. The molecule has 0 saturated heterocycles. The smallest absolute Gasteiger partial charge is 0.325 e. The second-order valence-electron chi connectivity index (χ2n) is 5.85. The maximum Gasteiger partial charge on any atom is 0.329 e. The van der Waals surface area contributed by atoms with Crippen LogP contribution in [0.5, 0.6) is 0 Å². The van der Waals surface area contributed by atoms with Crippen LogP contribution >= 0.6 is 0 Å². The van der Waals surface area contributed by atoms with Crippen molar-refractivity contribution in [1.29, 1.82) is 0 Å². The number of anilines is 1. The number of fused-ring (bicyclic) bond motifs is 1. The zero-order valence-electron chi connectivity index (χ0n) is 14.0. The predicted molar refractivity (Wildman–Crippen MR) is 97.2 cm³/mol. The average Bonchev–Trinajstić information content (AvgIpc) is 3.27. The summed E-state index contributed by atoms with van der Waals surface area (Å²) in [6.45, 7) is -0.0506. The molecule has 0 unspecified atom stereocenters. The molecule has 1 N–H and O–H groups in total. The molecule has 4 aromatic rings. The molecule has 0 spiro atoms. The minimum atomic E-state index is -0.267. The van der Waals surface area contributed by atoms with E-state index < -0.39 is 0 Å². The first-order valence-electron chi connectivity index (χ1n) is 8.02. The van der Waals surface area contributed by atoms with Crippen molar-refractivity contribution in [3.05, 3.63) is 71.7 Å². The molecule has 0 atom stereocenters. The van der Waals surface area contributed by atoms with Gasteiger partial charge in [0.15, 0.2) is 0 Å². The van der Waals surface area contributed by atoms with Crippen LogP contribution < -0.4 is 11.0 Å². The van der Waals surface area contributed by atoms with Crippen LogP contribution in [0.3, 0.4) is 0 Å². The number of nitrogens with one attached hydrogen (secondary N) is 1. The Kier molecular flexibility index (Phi) is 3.85. The molecular weight excluding hydrogens is 332 g/mol. The van der Waals surface area contributed by atoms with Crippen LogP contribution in [-0.4, -0.2) is 29.8 Å². The zero-order valence-corrected chi connectivity index (χ0v) is 14.0. The molecule has 0 radical (unpaired) electrons. The SMILES string of the molecule is Cn1c(=O)n(CC(=O)Nc2ccc(-n3cncn3)cc2)c2ccccc21. The summed E-state index contributed by atoms with van der Waals surface area (Å²) in [4.78, 5) is 28.7. The molecule has 2 heterocycles. The second-order valence-corrected chi connectivity index (χ2v) is 5.85. The van der Waals surface area contributed by atoms with Crippen molar-refractivity contribution in [3.8, 4) is 5.69 Å². The Morgan fingerprint density at radius 2 is 1.81 bits per heavy atom. The fraction of sp³-hybridized carbons (Fsp3) is 0.111. The van der Waals surface area contributed by atoms with Crippen molar-refractivity contribution >= 4 is 22.6 Å². The van der Waals surface area contributed by atoms with E-state index in [1.165, 1.54) is 15.5 Å². The molecule has 4 rings (SSSR count). The minimum Gasteiger partial charge on any atom is -0.325 e. The largest absolute Gasteiger partial charge is 0.329 e. The van der Waals surface area contributed by atoms with E-state index in [1.54, 1.807) is 30.2 Å². The summed E-state index contributed by atoms with van der Waals surface area (Å²) in [7, 11) is 1.70. The van der Waals surface area contributed by atoms with E-state index in [9.17, 15) is 9.59 Å². The van der Waals surface area contributed by atoms with Crippen LogP contribution in [0.15, 0.2) is 66.0 Å². The number of rotatable bonds is 4. The number of para-hydroxylation sites is 2. The van der Waals surface area contributed by atoms with Crippen LogP contribution in [-0.2, 0) is 18.4 Å². The highest BCUT2D eigenvalue weighted by Crippen LogP contribution is 2.14. The lowest BCUT2D eigenvalue weighted by Gasteiger charge is -2.07. The van der Waals surface area contributed by atoms with Gasteiger partial charge in [-0.2, -0.15) is 5.10 Å². The van der Waals surface area contributed by atoms with E-state index in [0.717, 1.165) is 16.7 Å². The number of aryl methyl sites for hydroxylation is 1. The maximum atomic E-state index is 12.4. The van der Waals surface area contributed by atoms with E-state index in [4.69, 9.17) is 0 Å². The third-order valence-corrected chi connectivity index (χ3v) is 4.19. The number of aromatic nitrogens is 5. The average molecular weight is 348 g/mol. The first kappa shape index (κ1) is 15.8. The molecule has 8 nitrogen and oxygen atoms in total. The fourth-order valence-electron chi connectivity index (χ4n) is 2.90. The highest BCUT2D eigenvalue weighted by molar-refractivity contribution is 5.91. The van der Waals surface area contributed by atoms with Crippen molar-refractivity contribution in [2.24, 2.45) is 7.05 Å². The highest BCUT2D eigenvalue weighted by atomic mass is 16.2. The molecule has 2 aromatic heterocycles. The number of amides is 1. The first-order chi connectivity index (χ1) is 12.6. The van der Waals surface area contributed by atoms with E-state index in [1.807, 2.05) is 36.4 Å². The molecule has 0 aliphatic heterocycles. The quantitative estimate of drug-likeness (QED) is 0.606. The number of carbonyl (C=O) groups is 1. The van der Waals surface area contributed by atoms with Gasteiger partial charge in [-0.25, -0.2) is 14.5 Å². The third kappa shape index (κ3) is 2.77. The molecular formula is C18H16N6O2. The Balaban J connectivity index is 1.53. The van der Waals surface area contributed by atoms with Crippen LogP contribution in [0, 0.1) is 0 Å². The molecule has 8 heteroatoms. The minimum absolute atomic E-state index is 0.0506. The zero-order chi connectivity index (χ0) is 18.1. The summed E-state index contributed by atoms with van der Waals surface area (Å²) < 4.78 is 4.63. The van der Waals surface area contributed by atoms with Gasteiger partial charge in [0.05, 0.1) is 16.7 Å². The number of hydrogen-bond donors (Lipinski definition) is 1. The van der Waals surface area contributed by atoms with Crippen LogP contribution in [0.1, 0.15) is 0 Å². The maximum absolute atomic E-state index is 12.4. The van der Waals surface area contributed by atoms with Gasteiger partial charge in [0.2, 0.25) is 5.91 Å². The summed E-state index contributed by atoms with van der Waals surface area (Å²) in [6, 6.07) is 14.6. The van der Waals surface area contributed by atoms with Crippen molar-refractivity contribution in [2.75, 3.05) is 5.32 Å². The van der Waals surface area contributed by atoms with Gasteiger partial charge < -0.3 is 5.32 Å². The van der Waals surface area contributed by atoms with Gasteiger partial charge in [-0.15, -0.1) is 0 Å². The normalized spacial score (nSPS) is 11.0. The lowest BCUT2D eigenvalue weighted by Crippen LogP contribution is -2.28. The molecule has 0 saturated carbocycles. The molecule has 0 aliphatic carbocycles. The fourth-order valence-corrected chi connectivity index (χ4v) is 2.90. The van der Waals surface area contributed by atoms with Gasteiger partial charge in [-0.05, 0) is 36.4 Å². The van der Waals surface area contributed by atoms with Gasteiger partial charge in [0.1, 0.15) is 19.2 Å². The van der Waals surface area contributed by atoms with Gasteiger partial charge in [-0.3, -0.25) is 13.9 Å². The van der Waals surface area contributed by atoms with E-state index in [0.29, 0.717) is 5.69 Å². The summed E-state index contributed by atoms with van der Waals surface area (Å²) in [5.41, 5.74) is 2.79. The summed E-state index contributed by atoms with van der Waals surface area (Å²) in [6.07, 6.45) is 3.05. The number of carbonyl (C=O) groups excluding carboxylic acids is 1. The van der Waals surface area contributed by atoms with Gasteiger partial charge in [0, 0.05) is 12.7 Å². The summed E-state index contributed by atoms with van der Waals surface area (Å²) in [5.74, 6) is -0.267. The van der Waals surface area contributed by atoms with Gasteiger partial charge in [0.25, 0.3) is 0 Å². The Labute approximate surface area is 148 Å². The number of benzene rings is 2. The van der Waals surface area contributed by atoms with E-state index in [-0.39, 0.29) is 18.1 Å². The van der Waals surface area contributed by atoms with E-state index in [2.05, 4.69) is 15.4 Å². The number of imidazole rings is 1. The van der Waals surface area contributed by atoms with Crippen molar-refractivity contribution in [2.45, 2.75) is 6.54 Å². The molecule has 0 aliphatic rings. The Hall–Kier alpha value is -3.68. The molecule has 130 valence electrons. The monoisotopic (exact) mass is 348 g/mol. The highest BCUT2D eigenvalue weighted by Gasteiger charge is 2.13. The van der Waals surface area contributed by atoms with Crippen molar-refractivity contribution in [1.82, 2.24) is 23.9 Å². The topological polar surface area (TPSA) is 86.7 Å². The van der Waals surface area contributed by atoms with Crippen molar-refractivity contribution < 1.29 is 4.79 Å². The lowest BCUT2D eigenvalue weighted by molar-refractivity contribution is -0.116. The van der Waals surface area contributed by atoms with Crippen LogP contribution in [0.25, 0.3) is 16.7 Å². The van der Waals surface area contributed by atoms with E-state index >= 15 is 0 Å². The molecule has 0 bridgehead atoms. The Bertz CT molecular complexity index is 1120. The van der Waals surface area contributed by atoms with Gasteiger partial charge >= 0.3 is 5.69 Å². The summed E-state index contributed by atoms with van der Waals surface area (Å²) in [5, 5.41) is 6.86. The first-order valence-corrected chi connectivity index (χ1v) is 8.02. The number of hydrogen-bond acceptors (Lipinski definition) is 4. The van der Waals surface area contributed by atoms with Crippen LogP contribution in [0.2, 0.25) is 0 Å². The molecule has 1 amide bonds. The molecule has 0 fully saturated rings. The predicted octanol–water partition coefficient (Wildman–Crippen LogP) is 1.56. The Morgan fingerprint density at radius 1 is 1.08 bits per heavy atom. The summed E-state index contributed by atoms with van der Waals surface area (Å²) >= 11 is 0. The van der Waals surface area contributed by atoms with Crippen LogP contribution in [0.4, 0.5) is 5.69 Å².